The third-order valence-corrected chi connectivity index (χ3v) is 3.11. The van der Waals surface area contributed by atoms with Crippen LogP contribution in [0.3, 0.4) is 0 Å². The first-order chi connectivity index (χ1) is 11.9. The monoisotopic (exact) mass is 350 g/mol. The van der Waals surface area contributed by atoms with E-state index in [1.54, 1.807) is 38.1 Å². The van der Waals surface area contributed by atoms with Crippen molar-refractivity contribution >= 4 is 17.9 Å². The van der Waals surface area contributed by atoms with Gasteiger partial charge in [0.25, 0.3) is 5.91 Å². The Morgan fingerprint density at radius 3 is 2.36 bits per heavy atom. The van der Waals surface area contributed by atoms with Crippen LogP contribution >= 0.6 is 0 Å². The second-order valence-corrected chi connectivity index (χ2v) is 5.83. The number of carbonyl (C=O) groups excluding carboxylic acids is 3. The summed E-state index contributed by atoms with van der Waals surface area (Å²) in [4.78, 5) is 34.8. The van der Waals surface area contributed by atoms with Crippen LogP contribution in [-0.4, -0.2) is 37.2 Å². The molecule has 0 aliphatic rings. The Bertz CT molecular complexity index is 569. The van der Waals surface area contributed by atoms with Gasteiger partial charge in [0.1, 0.15) is 5.75 Å². The van der Waals surface area contributed by atoms with Crippen LogP contribution in [0.1, 0.15) is 50.4 Å². The van der Waals surface area contributed by atoms with Crippen LogP contribution in [0.2, 0.25) is 0 Å². The lowest BCUT2D eigenvalue weighted by atomic mass is 10.2. The predicted octanol–water partition coefficient (Wildman–Crippen LogP) is 2.65. The summed E-state index contributed by atoms with van der Waals surface area (Å²) in [6.45, 7) is 5.76. The van der Waals surface area contributed by atoms with Crippen molar-refractivity contribution < 1.29 is 23.9 Å². The molecule has 0 aliphatic heterocycles. The van der Waals surface area contributed by atoms with Crippen LogP contribution in [-0.2, 0) is 9.53 Å². The second-order valence-electron chi connectivity index (χ2n) is 5.83. The zero-order valence-electron chi connectivity index (χ0n) is 15.0. The fourth-order valence-electron chi connectivity index (χ4n) is 1.90. The van der Waals surface area contributed by atoms with Gasteiger partial charge in [-0.1, -0.05) is 19.8 Å². The number of benzene rings is 1. The van der Waals surface area contributed by atoms with Crippen LogP contribution in [0.15, 0.2) is 24.3 Å². The predicted molar refractivity (Wildman–Crippen MR) is 93.6 cm³/mol. The quantitative estimate of drug-likeness (QED) is 0.527. The van der Waals surface area contributed by atoms with E-state index in [2.05, 4.69) is 17.6 Å². The van der Waals surface area contributed by atoms with Gasteiger partial charge in [-0.05, 0) is 44.5 Å². The molecule has 0 saturated carbocycles. The van der Waals surface area contributed by atoms with Crippen molar-refractivity contribution in [1.82, 2.24) is 10.6 Å². The summed E-state index contributed by atoms with van der Waals surface area (Å²) in [5.41, 5.74) is 0.306. The molecular weight excluding hydrogens is 324 g/mol. The fraction of sp³-hybridized carbons (Fsp3) is 0.500. The van der Waals surface area contributed by atoms with Crippen molar-refractivity contribution in [3.63, 3.8) is 0 Å². The van der Waals surface area contributed by atoms with E-state index < -0.39 is 24.5 Å². The van der Waals surface area contributed by atoms with Gasteiger partial charge >= 0.3 is 12.0 Å². The number of hydrogen-bond acceptors (Lipinski definition) is 5. The Kier molecular flexibility index (Phi) is 9.06. The summed E-state index contributed by atoms with van der Waals surface area (Å²) in [6.07, 6.45) is 3.22. The zero-order chi connectivity index (χ0) is 18.7. The maximum atomic E-state index is 11.9. The number of imide groups is 1. The average molecular weight is 350 g/mol. The van der Waals surface area contributed by atoms with Gasteiger partial charge in [0.2, 0.25) is 0 Å². The van der Waals surface area contributed by atoms with Crippen molar-refractivity contribution in [2.45, 2.75) is 46.1 Å². The van der Waals surface area contributed by atoms with E-state index in [1.807, 2.05) is 0 Å². The van der Waals surface area contributed by atoms with Gasteiger partial charge in [0.15, 0.2) is 6.61 Å². The van der Waals surface area contributed by atoms with Crippen molar-refractivity contribution in [2.24, 2.45) is 0 Å². The molecule has 1 rings (SSSR count). The maximum absolute atomic E-state index is 11.9. The van der Waals surface area contributed by atoms with Gasteiger partial charge < -0.3 is 14.8 Å². The van der Waals surface area contributed by atoms with E-state index in [0.717, 1.165) is 19.3 Å². The largest absolute Gasteiger partial charge is 0.494 e. The molecule has 0 spiro atoms. The highest BCUT2D eigenvalue weighted by Crippen LogP contribution is 2.13. The van der Waals surface area contributed by atoms with Crippen LogP contribution in [0.5, 0.6) is 5.75 Å². The second kappa shape index (κ2) is 11.1. The van der Waals surface area contributed by atoms with E-state index in [0.29, 0.717) is 17.9 Å². The number of rotatable bonds is 9. The van der Waals surface area contributed by atoms with Gasteiger partial charge in [0, 0.05) is 6.04 Å². The Morgan fingerprint density at radius 1 is 1.08 bits per heavy atom. The maximum Gasteiger partial charge on any atom is 0.338 e. The van der Waals surface area contributed by atoms with E-state index in [1.165, 1.54) is 0 Å². The van der Waals surface area contributed by atoms with Crippen molar-refractivity contribution in [3.8, 4) is 5.75 Å². The first-order valence-corrected chi connectivity index (χ1v) is 8.42. The number of ether oxygens (including phenoxy) is 2. The first kappa shape index (κ1) is 20.5. The number of esters is 1. The Hall–Kier alpha value is -2.57. The molecule has 0 aliphatic carbocycles. The molecular formula is C18H26N2O5. The molecule has 7 nitrogen and oxygen atoms in total. The Morgan fingerprint density at radius 2 is 1.76 bits per heavy atom. The molecule has 0 bridgehead atoms. The van der Waals surface area contributed by atoms with Crippen molar-refractivity contribution in [3.05, 3.63) is 29.8 Å². The standard InChI is InChI=1S/C18H26N2O5/c1-4-5-6-11-24-15-9-7-14(8-10-15)17(22)25-12-16(21)20-18(23)19-13(2)3/h7-10,13H,4-6,11-12H2,1-3H3,(H2,19,20,21,23). The Labute approximate surface area is 148 Å². The van der Waals surface area contributed by atoms with Gasteiger partial charge in [-0.3, -0.25) is 10.1 Å². The van der Waals surface area contributed by atoms with Gasteiger partial charge in [-0.25, -0.2) is 9.59 Å². The molecule has 0 fully saturated rings. The van der Waals surface area contributed by atoms with E-state index >= 15 is 0 Å². The number of carbonyl (C=O) groups is 3. The lowest BCUT2D eigenvalue weighted by Crippen LogP contribution is -2.44. The first-order valence-electron chi connectivity index (χ1n) is 8.42. The Balaban J connectivity index is 2.37. The van der Waals surface area contributed by atoms with E-state index in [-0.39, 0.29) is 6.04 Å². The molecule has 0 saturated heterocycles. The molecule has 2 N–H and O–H groups in total. The van der Waals surface area contributed by atoms with Gasteiger partial charge in [0.05, 0.1) is 12.2 Å². The molecule has 0 heterocycles. The number of unbranched alkanes of at least 4 members (excludes halogenated alkanes) is 2. The van der Waals surface area contributed by atoms with Gasteiger partial charge in [-0.15, -0.1) is 0 Å². The molecule has 7 heteroatoms. The number of amides is 3. The minimum atomic E-state index is -0.692. The van der Waals surface area contributed by atoms with Gasteiger partial charge in [-0.2, -0.15) is 0 Å². The minimum absolute atomic E-state index is 0.0990. The third kappa shape index (κ3) is 8.74. The summed E-state index contributed by atoms with van der Waals surface area (Å²) in [6, 6.07) is 5.78. The molecule has 0 aromatic heterocycles. The van der Waals surface area contributed by atoms with Crippen LogP contribution < -0.4 is 15.4 Å². The van der Waals surface area contributed by atoms with E-state index in [9.17, 15) is 14.4 Å². The average Bonchev–Trinajstić information content (AvgIpc) is 2.56. The normalized spacial score (nSPS) is 10.2. The van der Waals surface area contributed by atoms with Crippen molar-refractivity contribution in [2.75, 3.05) is 13.2 Å². The number of nitrogens with one attached hydrogen (secondary N) is 2. The molecule has 0 atom stereocenters. The summed E-state index contributed by atoms with van der Waals surface area (Å²) < 4.78 is 10.4. The molecule has 0 unspecified atom stereocenters. The smallest absolute Gasteiger partial charge is 0.338 e. The highest BCUT2D eigenvalue weighted by atomic mass is 16.5. The number of hydrogen-bond donors (Lipinski definition) is 2. The summed E-state index contributed by atoms with van der Waals surface area (Å²) in [7, 11) is 0. The highest BCUT2D eigenvalue weighted by Gasteiger charge is 2.13. The number of urea groups is 1. The highest BCUT2D eigenvalue weighted by molar-refractivity contribution is 5.97. The van der Waals surface area contributed by atoms with Crippen LogP contribution in [0.4, 0.5) is 4.79 Å². The third-order valence-electron chi connectivity index (χ3n) is 3.11. The molecule has 0 radical (unpaired) electrons. The summed E-state index contributed by atoms with van der Waals surface area (Å²) in [5, 5.41) is 4.57. The fourth-order valence-corrected chi connectivity index (χ4v) is 1.90. The summed E-state index contributed by atoms with van der Waals surface area (Å²) in [5.74, 6) is -0.657. The van der Waals surface area contributed by atoms with E-state index in [4.69, 9.17) is 9.47 Å². The minimum Gasteiger partial charge on any atom is -0.494 e. The lowest BCUT2D eigenvalue weighted by Gasteiger charge is -2.10. The molecule has 3 amide bonds. The lowest BCUT2D eigenvalue weighted by molar-refractivity contribution is -0.123. The zero-order valence-corrected chi connectivity index (χ0v) is 15.0. The van der Waals surface area contributed by atoms with Crippen LogP contribution in [0.25, 0.3) is 0 Å². The topological polar surface area (TPSA) is 93.7 Å². The van der Waals surface area contributed by atoms with Crippen LogP contribution in [0, 0.1) is 0 Å². The molecule has 1 aromatic carbocycles. The summed E-state index contributed by atoms with van der Waals surface area (Å²) >= 11 is 0. The molecule has 25 heavy (non-hydrogen) atoms. The molecule has 1 aromatic rings. The SMILES string of the molecule is CCCCCOc1ccc(C(=O)OCC(=O)NC(=O)NC(C)C)cc1. The molecule has 138 valence electrons. The van der Waals surface area contributed by atoms with Crippen molar-refractivity contribution in [1.29, 1.82) is 0 Å².